The van der Waals surface area contributed by atoms with Crippen LogP contribution in [0.5, 0.6) is 5.75 Å². The fourth-order valence-corrected chi connectivity index (χ4v) is 3.97. The van der Waals surface area contributed by atoms with Crippen LogP contribution in [0, 0.1) is 0 Å². The van der Waals surface area contributed by atoms with Gasteiger partial charge < -0.3 is 19.5 Å². The molecule has 0 saturated carbocycles. The van der Waals surface area contributed by atoms with Crippen molar-refractivity contribution in [3.05, 3.63) is 70.1 Å². The minimum absolute atomic E-state index is 0.0675. The maximum Gasteiger partial charge on any atom is 0.266 e. The Labute approximate surface area is 217 Å². The summed E-state index contributed by atoms with van der Waals surface area (Å²) in [7, 11) is 3.99. The first-order valence-corrected chi connectivity index (χ1v) is 12.3. The zero-order chi connectivity index (χ0) is 26.7. The predicted octanol–water partition coefficient (Wildman–Crippen LogP) is 3.11. The van der Waals surface area contributed by atoms with E-state index in [0.29, 0.717) is 48.0 Å². The summed E-state index contributed by atoms with van der Waals surface area (Å²) in [5.74, 6) is 0.677. The molecule has 2 aromatic carbocycles. The summed E-state index contributed by atoms with van der Waals surface area (Å²) >= 11 is 0. The molecule has 0 aliphatic carbocycles. The van der Waals surface area contributed by atoms with Gasteiger partial charge in [0.05, 0.1) is 6.61 Å². The molecule has 11 nitrogen and oxygen atoms in total. The van der Waals surface area contributed by atoms with E-state index in [-0.39, 0.29) is 18.9 Å². The summed E-state index contributed by atoms with van der Waals surface area (Å²) in [6.07, 6.45) is 0.992. The number of aliphatic imine (C=N–C) groups is 1. The number of hydrazine groups is 1. The summed E-state index contributed by atoms with van der Waals surface area (Å²) in [4.78, 5) is 23.4. The summed E-state index contributed by atoms with van der Waals surface area (Å²) in [6.45, 7) is 3.77. The number of nitrogens with zero attached hydrogens (tertiary/aromatic N) is 5. The highest BCUT2D eigenvalue weighted by Gasteiger charge is 2.50. The molecule has 0 aromatic heterocycles. The number of hydrogen-bond acceptors (Lipinski definition) is 8. The van der Waals surface area contributed by atoms with Crippen LogP contribution in [-0.2, 0) is 16.0 Å². The first kappa shape index (κ1) is 27.9. The van der Waals surface area contributed by atoms with Gasteiger partial charge in [0.25, 0.3) is 5.91 Å². The third-order valence-corrected chi connectivity index (χ3v) is 6.04. The average molecular weight is 510 g/mol. The number of carbonyl (C=O) groups is 1. The molecule has 1 amide bonds. The molecule has 3 N–H and O–H groups in total. The van der Waals surface area contributed by atoms with Crippen LogP contribution >= 0.6 is 0 Å². The Kier molecular flexibility index (Phi) is 10.3. The van der Waals surface area contributed by atoms with Crippen molar-refractivity contribution in [2.45, 2.75) is 37.8 Å². The lowest BCUT2D eigenvalue weighted by atomic mass is 9.85. The molecule has 3 rings (SSSR count). The maximum absolute atomic E-state index is 13.6. The van der Waals surface area contributed by atoms with Crippen molar-refractivity contribution in [3.8, 4) is 5.75 Å². The van der Waals surface area contributed by atoms with E-state index in [1.807, 2.05) is 45.3 Å². The zero-order valence-electron chi connectivity index (χ0n) is 21.6. The molecule has 0 fully saturated rings. The van der Waals surface area contributed by atoms with E-state index < -0.39 is 11.6 Å². The number of aliphatic hydroxyl groups excluding tert-OH is 1. The molecule has 1 aliphatic heterocycles. The number of hydrogen-bond donors (Lipinski definition) is 3. The molecule has 0 spiro atoms. The van der Waals surface area contributed by atoms with E-state index in [1.165, 1.54) is 0 Å². The molecule has 0 bridgehead atoms. The molecule has 1 heterocycles. The lowest BCUT2D eigenvalue weighted by molar-refractivity contribution is -0.129. The Morgan fingerprint density at radius 1 is 1.24 bits per heavy atom. The van der Waals surface area contributed by atoms with Crippen molar-refractivity contribution in [2.75, 3.05) is 40.4 Å². The second-order valence-electron chi connectivity index (χ2n) is 9.08. The van der Waals surface area contributed by atoms with E-state index >= 15 is 0 Å². The molecule has 1 aliphatic rings. The largest absolute Gasteiger partial charge is 0.494 e. The van der Waals surface area contributed by atoms with Crippen molar-refractivity contribution in [3.63, 3.8) is 0 Å². The topological polar surface area (TPSA) is 144 Å². The Morgan fingerprint density at radius 3 is 2.70 bits per heavy atom. The summed E-state index contributed by atoms with van der Waals surface area (Å²) < 4.78 is 11.7. The van der Waals surface area contributed by atoms with E-state index in [9.17, 15) is 4.79 Å². The van der Waals surface area contributed by atoms with E-state index in [2.05, 4.69) is 25.8 Å². The third-order valence-electron chi connectivity index (χ3n) is 6.04. The monoisotopic (exact) mass is 509 g/mol. The highest BCUT2D eigenvalue weighted by molar-refractivity contribution is 6.00. The van der Waals surface area contributed by atoms with Crippen LogP contribution < -0.4 is 15.6 Å². The number of carbonyl (C=O) groups excluding carboxylic acids is 1. The Bertz CT molecular complexity index is 1120. The summed E-state index contributed by atoms with van der Waals surface area (Å²) in [5.41, 5.74) is 15.4. The van der Waals surface area contributed by atoms with Gasteiger partial charge in [0.1, 0.15) is 11.9 Å². The van der Waals surface area contributed by atoms with E-state index in [0.717, 1.165) is 13.0 Å². The number of ether oxygens (including phenoxy) is 2. The van der Waals surface area contributed by atoms with Crippen molar-refractivity contribution < 1.29 is 19.4 Å². The second kappa shape index (κ2) is 13.6. The van der Waals surface area contributed by atoms with E-state index in [4.69, 9.17) is 25.1 Å². The maximum atomic E-state index is 13.6. The molecule has 198 valence electrons. The average Bonchev–Trinajstić information content (AvgIpc) is 3.22. The van der Waals surface area contributed by atoms with Crippen LogP contribution in [-0.4, -0.2) is 73.9 Å². The van der Waals surface area contributed by atoms with Crippen LogP contribution in [0.1, 0.15) is 30.9 Å². The van der Waals surface area contributed by atoms with Gasteiger partial charge in [0.15, 0.2) is 5.54 Å². The van der Waals surface area contributed by atoms with Gasteiger partial charge in [-0.15, -0.1) is 0 Å². The third kappa shape index (κ3) is 7.43. The molecular weight excluding hydrogens is 474 g/mol. The van der Waals surface area contributed by atoms with Gasteiger partial charge in [-0.05, 0) is 69.3 Å². The minimum Gasteiger partial charge on any atom is -0.494 e. The standard InChI is InChI=1S/C26H35N7O4/c1-19-26(25(35)31-28-14-6-15-33(2)3,18-21-8-4-5-9-23(21)30-32-27)29-24(37-19)20-10-12-22(13-11-20)36-17-7-16-34/h4-5,8-13,19,28,34H,6-7,14-18H2,1-3H3,(H,31,35)/t19-,26-/m0/s1. The number of azide groups is 1. The highest BCUT2D eigenvalue weighted by atomic mass is 16.5. The Hall–Kier alpha value is -3.63. The smallest absolute Gasteiger partial charge is 0.266 e. The molecule has 2 aromatic rings. The minimum atomic E-state index is -1.29. The van der Waals surface area contributed by atoms with Gasteiger partial charge in [0.2, 0.25) is 5.90 Å². The molecule has 0 saturated heterocycles. The summed E-state index contributed by atoms with van der Waals surface area (Å²) in [6, 6.07) is 14.4. The number of benzene rings is 2. The lowest BCUT2D eigenvalue weighted by Gasteiger charge is -2.28. The zero-order valence-corrected chi connectivity index (χ0v) is 21.6. The van der Waals surface area contributed by atoms with Crippen LogP contribution in [0.4, 0.5) is 5.69 Å². The normalized spacial score (nSPS) is 18.6. The first-order valence-electron chi connectivity index (χ1n) is 12.3. The van der Waals surface area contributed by atoms with Crippen LogP contribution in [0.15, 0.2) is 58.6 Å². The van der Waals surface area contributed by atoms with Gasteiger partial charge >= 0.3 is 0 Å². The fourth-order valence-electron chi connectivity index (χ4n) is 3.97. The van der Waals surface area contributed by atoms with Crippen molar-refractivity contribution in [1.29, 1.82) is 0 Å². The molecule has 0 unspecified atom stereocenters. The van der Waals surface area contributed by atoms with Crippen LogP contribution in [0.2, 0.25) is 0 Å². The lowest BCUT2D eigenvalue weighted by Crippen LogP contribution is -2.56. The fraction of sp³-hybridized carbons (Fsp3) is 0.462. The Balaban J connectivity index is 1.87. The van der Waals surface area contributed by atoms with Gasteiger partial charge in [0, 0.05) is 42.2 Å². The van der Waals surface area contributed by atoms with Gasteiger partial charge in [-0.3, -0.25) is 10.2 Å². The van der Waals surface area contributed by atoms with Crippen molar-refractivity contribution in [1.82, 2.24) is 15.8 Å². The number of aliphatic hydroxyl groups is 1. The van der Waals surface area contributed by atoms with Crippen LogP contribution in [0.25, 0.3) is 10.4 Å². The molecular formula is C26H35N7O4. The predicted molar refractivity (Wildman–Crippen MR) is 142 cm³/mol. The highest BCUT2D eigenvalue weighted by Crippen LogP contribution is 2.35. The van der Waals surface area contributed by atoms with E-state index in [1.54, 1.807) is 24.3 Å². The SMILES string of the molecule is C[C@@H]1OC(c2ccc(OCCCO)cc2)=N[C@]1(Cc1ccccc1N=[N+]=[N-])C(=O)NNCCCN(C)C. The molecule has 37 heavy (non-hydrogen) atoms. The number of amides is 1. The van der Waals surface area contributed by atoms with Crippen LogP contribution in [0.3, 0.4) is 0 Å². The van der Waals surface area contributed by atoms with Gasteiger partial charge in [-0.2, -0.15) is 0 Å². The Morgan fingerprint density at radius 2 is 2.00 bits per heavy atom. The molecule has 11 heteroatoms. The van der Waals surface area contributed by atoms with Gasteiger partial charge in [-0.25, -0.2) is 10.4 Å². The molecule has 2 atom stereocenters. The number of nitrogens with one attached hydrogen (secondary N) is 2. The number of rotatable bonds is 14. The summed E-state index contributed by atoms with van der Waals surface area (Å²) in [5, 5.41) is 12.7. The van der Waals surface area contributed by atoms with Gasteiger partial charge in [-0.1, -0.05) is 29.4 Å². The first-order chi connectivity index (χ1) is 17.9. The second-order valence-corrected chi connectivity index (χ2v) is 9.08. The van der Waals surface area contributed by atoms with Crippen molar-refractivity contribution >= 4 is 17.5 Å². The van der Waals surface area contributed by atoms with Crippen molar-refractivity contribution in [2.24, 2.45) is 10.1 Å². The quantitative estimate of drug-likeness (QED) is 0.117. The molecule has 0 radical (unpaired) electrons.